The number of aromatic nitrogens is 4. The van der Waals surface area contributed by atoms with Gasteiger partial charge < -0.3 is 15.4 Å². The van der Waals surface area contributed by atoms with Crippen LogP contribution in [-0.2, 0) is 11.2 Å². The zero-order valence-electron chi connectivity index (χ0n) is 15.4. The summed E-state index contributed by atoms with van der Waals surface area (Å²) in [6, 6.07) is 12.9. The SMILES string of the molecule is COc1ccc2ncnc(Nc3cc(CC(=O)Nc4cccc(F)c4)[nH]n3)c2c1. The smallest absolute Gasteiger partial charge is 0.230 e. The van der Waals surface area contributed by atoms with Crippen molar-refractivity contribution in [2.24, 2.45) is 0 Å². The van der Waals surface area contributed by atoms with E-state index in [1.165, 1.54) is 24.5 Å². The number of H-pyrrole nitrogens is 1. The maximum absolute atomic E-state index is 13.2. The number of rotatable bonds is 6. The number of nitrogens with one attached hydrogen (secondary N) is 3. The molecule has 0 spiro atoms. The van der Waals surface area contributed by atoms with E-state index in [2.05, 4.69) is 30.8 Å². The Bertz CT molecular complexity index is 1180. The first-order valence-corrected chi connectivity index (χ1v) is 8.76. The summed E-state index contributed by atoms with van der Waals surface area (Å²) in [5, 5.41) is 13.5. The average Bonchev–Trinajstić information content (AvgIpc) is 3.14. The number of carbonyl (C=O) groups is 1. The van der Waals surface area contributed by atoms with Crippen molar-refractivity contribution in [1.82, 2.24) is 20.2 Å². The number of amides is 1. The predicted octanol–water partition coefficient (Wildman–Crippen LogP) is 3.43. The van der Waals surface area contributed by atoms with Gasteiger partial charge in [0, 0.05) is 22.8 Å². The van der Waals surface area contributed by atoms with Crippen LogP contribution in [0.5, 0.6) is 5.75 Å². The second-order valence-electron chi connectivity index (χ2n) is 6.24. The second kappa shape index (κ2) is 7.93. The molecule has 146 valence electrons. The molecular weight excluding hydrogens is 375 g/mol. The summed E-state index contributed by atoms with van der Waals surface area (Å²) >= 11 is 0. The van der Waals surface area contributed by atoms with Crippen molar-refractivity contribution in [3.63, 3.8) is 0 Å². The molecule has 0 aliphatic carbocycles. The first-order valence-electron chi connectivity index (χ1n) is 8.76. The Labute approximate surface area is 165 Å². The molecule has 0 fully saturated rings. The van der Waals surface area contributed by atoms with Gasteiger partial charge in [-0.15, -0.1) is 0 Å². The highest BCUT2D eigenvalue weighted by molar-refractivity contribution is 5.93. The largest absolute Gasteiger partial charge is 0.497 e. The molecule has 1 amide bonds. The number of hydrogen-bond donors (Lipinski definition) is 3. The van der Waals surface area contributed by atoms with Crippen LogP contribution in [0.4, 0.5) is 21.7 Å². The summed E-state index contributed by atoms with van der Waals surface area (Å²) in [6.45, 7) is 0. The Morgan fingerprint density at radius 3 is 2.90 bits per heavy atom. The zero-order chi connectivity index (χ0) is 20.2. The Kier molecular flexibility index (Phi) is 5.02. The second-order valence-corrected chi connectivity index (χ2v) is 6.24. The quantitative estimate of drug-likeness (QED) is 0.464. The van der Waals surface area contributed by atoms with Crippen molar-refractivity contribution in [2.45, 2.75) is 6.42 Å². The van der Waals surface area contributed by atoms with Gasteiger partial charge >= 0.3 is 0 Å². The topological polar surface area (TPSA) is 105 Å². The number of halogens is 1. The first-order chi connectivity index (χ1) is 14.1. The third-order valence-corrected chi connectivity index (χ3v) is 4.18. The van der Waals surface area contributed by atoms with Crippen LogP contribution in [0.1, 0.15) is 5.69 Å². The molecule has 2 aromatic carbocycles. The molecule has 2 aromatic heterocycles. The van der Waals surface area contributed by atoms with Crippen molar-refractivity contribution in [2.75, 3.05) is 17.7 Å². The van der Waals surface area contributed by atoms with Crippen molar-refractivity contribution < 1.29 is 13.9 Å². The molecule has 3 N–H and O–H groups in total. The number of benzene rings is 2. The van der Waals surface area contributed by atoms with Crippen molar-refractivity contribution in [3.05, 3.63) is 66.4 Å². The van der Waals surface area contributed by atoms with Gasteiger partial charge in [0.25, 0.3) is 0 Å². The molecule has 0 radical (unpaired) electrons. The summed E-state index contributed by atoms with van der Waals surface area (Å²) in [5.74, 6) is 1.05. The van der Waals surface area contributed by atoms with E-state index in [0.29, 0.717) is 28.8 Å². The van der Waals surface area contributed by atoms with Crippen molar-refractivity contribution in [3.8, 4) is 5.75 Å². The highest BCUT2D eigenvalue weighted by atomic mass is 19.1. The summed E-state index contributed by atoms with van der Waals surface area (Å²) in [7, 11) is 1.59. The number of anilines is 3. The minimum atomic E-state index is -0.412. The molecule has 0 bridgehead atoms. The molecule has 29 heavy (non-hydrogen) atoms. The summed E-state index contributed by atoms with van der Waals surface area (Å²) in [5.41, 5.74) is 1.75. The number of ether oxygens (including phenoxy) is 1. The van der Waals surface area contributed by atoms with Gasteiger partial charge in [-0.1, -0.05) is 6.07 Å². The van der Waals surface area contributed by atoms with E-state index in [1.807, 2.05) is 18.2 Å². The number of methoxy groups -OCH3 is 1. The van der Waals surface area contributed by atoms with E-state index in [4.69, 9.17) is 4.74 Å². The Hall–Kier alpha value is -4.01. The molecule has 4 rings (SSSR count). The highest BCUT2D eigenvalue weighted by Crippen LogP contribution is 2.26. The number of hydrogen-bond acceptors (Lipinski definition) is 6. The molecular formula is C20H17FN6O2. The van der Waals surface area contributed by atoms with Gasteiger partial charge in [-0.3, -0.25) is 9.89 Å². The standard InChI is InChI=1S/C20H17FN6O2/c1-29-15-5-6-17-16(10-15)20(23-11-22-17)25-18-8-14(26-27-18)9-19(28)24-13-4-2-3-12(21)7-13/h2-8,10-11H,9H2,1H3,(H,24,28)(H2,22,23,25,26,27). The Morgan fingerprint density at radius 2 is 2.07 bits per heavy atom. The molecule has 8 nitrogen and oxygen atoms in total. The zero-order valence-corrected chi connectivity index (χ0v) is 15.4. The lowest BCUT2D eigenvalue weighted by molar-refractivity contribution is -0.115. The lowest BCUT2D eigenvalue weighted by Gasteiger charge is -2.07. The number of fused-ring (bicyclic) bond motifs is 1. The molecule has 0 saturated carbocycles. The maximum Gasteiger partial charge on any atom is 0.230 e. The third-order valence-electron chi connectivity index (χ3n) is 4.18. The monoisotopic (exact) mass is 392 g/mol. The van der Waals surface area contributed by atoms with Crippen molar-refractivity contribution in [1.29, 1.82) is 0 Å². The van der Waals surface area contributed by atoms with E-state index in [9.17, 15) is 9.18 Å². The highest BCUT2D eigenvalue weighted by Gasteiger charge is 2.11. The molecule has 9 heteroatoms. The third kappa shape index (κ3) is 4.29. The Balaban J connectivity index is 1.47. The minimum Gasteiger partial charge on any atom is -0.497 e. The van der Waals surface area contributed by atoms with Gasteiger partial charge in [-0.2, -0.15) is 5.10 Å². The fraction of sp³-hybridized carbons (Fsp3) is 0.100. The summed E-state index contributed by atoms with van der Waals surface area (Å²) in [6.07, 6.45) is 1.51. The fourth-order valence-electron chi connectivity index (χ4n) is 2.84. The van der Waals surface area contributed by atoms with E-state index in [0.717, 1.165) is 10.9 Å². The molecule has 4 aromatic rings. The number of aromatic amines is 1. The lowest BCUT2D eigenvalue weighted by atomic mass is 10.2. The van der Waals surface area contributed by atoms with E-state index in [1.54, 1.807) is 19.2 Å². The van der Waals surface area contributed by atoms with Crippen LogP contribution in [0, 0.1) is 5.82 Å². The van der Waals surface area contributed by atoms with Gasteiger partial charge in [-0.25, -0.2) is 14.4 Å². The van der Waals surface area contributed by atoms with E-state index < -0.39 is 5.82 Å². The van der Waals surface area contributed by atoms with E-state index >= 15 is 0 Å². The summed E-state index contributed by atoms with van der Waals surface area (Å²) < 4.78 is 18.5. The number of nitrogens with zero attached hydrogens (tertiary/aromatic N) is 3. The Morgan fingerprint density at radius 1 is 1.17 bits per heavy atom. The molecule has 2 heterocycles. The van der Waals surface area contributed by atoms with Crippen LogP contribution in [-0.4, -0.2) is 33.2 Å². The molecule has 0 aliphatic heterocycles. The van der Waals surface area contributed by atoms with E-state index in [-0.39, 0.29) is 12.3 Å². The fourth-order valence-corrected chi connectivity index (χ4v) is 2.84. The van der Waals surface area contributed by atoms with Gasteiger partial charge in [0.1, 0.15) is 23.7 Å². The molecule has 0 atom stereocenters. The lowest BCUT2D eigenvalue weighted by Crippen LogP contribution is -2.14. The first kappa shape index (κ1) is 18.4. The van der Waals surface area contributed by atoms with Gasteiger partial charge in [0.05, 0.1) is 19.0 Å². The average molecular weight is 392 g/mol. The van der Waals surface area contributed by atoms with Gasteiger partial charge in [-0.05, 0) is 36.4 Å². The van der Waals surface area contributed by atoms with Gasteiger partial charge in [0.2, 0.25) is 5.91 Å². The maximum atomic E-state index is 13.2. The summed E-state index contributed by atoms with van der Waals surface area (Å²) in [4.78, 5) is 20.7. The molecule has 0 aliphatic rings. The van der Waals surface area contributed by atoms with Crippen LogP contribution in [0.3, 0.4) is 0 Å². The normalized spacial score (nSPS) is 10.7. The van der Waals surface area contributed by atoms with Crippen LogP contribution in [0.25, 0.3) is 10.9 Å². The molecule has 0 unspecified atom stereocenters. The predicted molar refractivity (Wildman–Crippen MR) is 107 cm³/mol. The number of carbonyl (C=O) groups excluding carboxylic acids is 1. The van der Waals surface area contributed by atoms with Crippen LogP contribution >= 0.6 is 0 Å². The molecule has 0 saturated heterocycles. The van der Waals surface area contributed by atoms with Crippen LogP contribution in [0.2, 0.25) is 0 Å². The minimum absolute atomic E-state index is 0.0591. The van der Waals surface area contributed by atoms with Gasteiger partial charge in [0.15, 0.2) is 5.82 Å². The van der Waals surface area contributed by atoms with Crippen molar-refractivity contribution >= 4 is 34.1 Å². The van der Waals surface area contributed by atoms with Crippen LogP contribution in [0.15, 0.2) is 54.9 Å². The van der Waals surface area contributed by atoms with Crippen LogP contribution < -0.4 is 15.4 Å².